The smallest absolute Gasteiger partial charge is 0.147 e. The van der Waals surface area contributed by atoms with Gasteiger partial charge in [-0.3, -0.25) is 9.97 Å². The second-order valence-corrected chi connectivity index (χ2v) is 4.30. The number of aromatic nitrogens is 3. The molecule has 0 bridgehead atoms. The van der Waals surface area contributed by atoms with Crippen LogP contribution in [0.1, 0.15) is 11.3 Å². The zero-order valence-electron chi connectivity index (χ0n) is 10.3. The molecule has 0 aliphatic heterocycles. The highest BCUT2D eigenvalue weighted by Gasteiger charge is 2.04. The normalized spacial score (nSPS) is 10.3. The summed E-state index contributed by atoms with van der Waals surface area (Å²) in [5, 5.41) is 0. The van der Waals surface area contributed by atoms with E-state index >= 15 is 0 Å². The second-order valence-electron chi connectivity index (χ2n) is 4.03. The van der Waals surface area contributed by atoms with E-state index in [1.807, 2.05) is 31.6 Å². The van der Waals surface area contributed by atoms with Crippen molar-refractivity contribution >= 4 is 17.4 Å². The molecule has 0 spiro atoms. The Bertz CT molecular complexity index is 489. The molecule has 2 rings (SSSR count). The van der Waals surface area contributed by atoms with E-state index in [0.29, 0.717) is 5.88 Å². The van der Waals surface area contributed by atoms with Gasteiger partial charge in [0.15, 0.2) is 0 Å². The Labute approximate surface area is 112 Å². The molecule has 0 radical (unpaired) electrons. The molecule has 0 saturated heterocycles. The van der Waals surface area contributed by atoms with Crippen LogP contribution in [0, 0.1) is 0 Å². The van der Waals surface area contributed by atoms with Crippen molar-refractivity contribution in [3.8, 4) is 0 Å². The third-order valence-corrected chi connectivity index (χ3v) is 2.96. The van der Waals surface area contributed by atoms with Gasteiger partial charge in [0.2, 0.25) is 0 Å². The zero-order valence-corrected chi connectivity index (χ0v) is 11.0. The van der Waals surface area contributed by atoms with Crippen molar-refractivity contribution in [2.24, 2.45) is 0 Å². The van der Waals surface area contributed by atoms with Crippen molar-refractivity contribution in [1.82, 2.24) is 15.0 Å². The molecule has 0 aliphatic rings. The van der Waals surface area contributed by atoms with Gasteiger partial charge < -0.3 is 4.90 Å². The van der Waals surface area contributed by atoms with Crippen LogP contribution >= 0.6 is 11.6 Å². The summed E-state index contributed by atoms with van der Waals surface area (Å²) < 4.78 is 0. The summed E-state index contributed by atoms with van der Waals surface area (Å²) in [5.41, 5.74) is 2.06. The molecule has 0 fully saturated rings. The van der Waals surface area contributed by atoms with E-state index in [4.69, 9.17) is 11.6 Å². The van der Waals surface area contributed by atoms with E-state index in [2.05, 4.69) is 19.9 Å². The van der Waals surface area contributed by atoms with Crippen molar-refractivity contribution in [3.63, 3.8) is 0 Å². The van der Waals surface area contributed by atoms with Crippen molar-refractivity contribution in [1.29, 1.82) is 0 Å². The zero-order chi connectivity index (χ0) is 12.8. The predicted molar refractivity (Wildman–Crippen MR) is 72.8 cm³/mol. The van der Waals surface area contributed by atoms with Gasteiger partial charge in [-0.05, 0) is 24.1 Å². The average molecular weight is 263 g/mol. The highest BCUT2D eigenvalue weighted by atomic mass is 35.5. The summed E-state index contributed by atoms with van der Waals surface area (Å²) in [7, 11) is 2.00. The minimum atomic E-state index is 0.388. The first kappa shape index (κ1) is 12.8. The van der Waals surface area contributed by atoms with Crippen LogP contribution in [-0.4, -0.2) is 28.5 Å². The van der Waals surface area contributed by atoms with E-state index in [0.717, 1.165) is 24.5 Å². The van der Waals surface area contributed by atoms with Gasteiger partial charge in [0.05, 0.1) is 17.8 Å². The van der Waals surface area contributed by atoms with Crippen LogP contribution in [0.2, 0.25) is 0 Å². The average Bonchev–Trinajstić information content (AvgIpc) is 2.46. The van der Waals surface area contributed by atoms with Crippen LogP contribution in [0.15, 0.2) is 36.9 Å². The standard InChI is InChI=1S/C13H15ClN4/c1-18(7-4-11-2-5-15-6-3-11)13-10-16-9-12(8-14)17-13/h2-3,5-6,9-10H,4,7-8H2,1H3. The molecular formula is C13H15ClN4. The van der Waals surface area contributed by atoms with E-state index < -0.39 is 0 Å². The van der Waals surface area contributed by atoms with Gasteiger partial charge in [0.1, 0.15) is 5.82 Å². The minimum absolute atomic E-state index is 0.388. The number of halogens is 1. The summed E-state index contributed by atoms with van der Waals surface area (Å²) in [5.74, 6) is 1.24. The Morgan fingerprint density at radius 3 is 2.67 bits per heavy atom. The van der Waals surface area contributed by atoms with Gasteiger partial charge in [-0.1, -0.05) is 0 Å². The molecule has 0 atom stereocenters. The molecule has 5 heteroatoms. The Morgan fingerprint density at radius 2 is 1.94 bits per heavy atom. The molecular weight excluding hydrogens is 248 g/mol. The Kier molecular flexibility index (Phi) is 4.47. The van der Waals surface area contributed by atoms with Crippen LogP contribution in [0.5, 0.6) is 0 Å². The van der Waals surface area contributed by atoms with Crippen molar-refractivity contribution in [2.45, 2.75) is 12.3 Å². The van der Waals surface area contributed by atoms with Gasteiger partial charge in [0, 0.05) is 32.2 Å². The lowest BCUT2D eigenvalue weighted by Gasteiger charge is -2.18. The van der Waals surface area contributed by atoms with Crippen LogP contribution in [0.3, 0.4) is 0 Å². The SMILES string of the molecule is CN(CCc1ccncc1)c1cncc(CCl)n1. The number of hydrogen-bond donors (Lipinski definition) is 0. The summed E-state index contributed by atoms with van der Waals surface area (Å²) in [6.07, 6.45) is 8.01. The first-order valence-electron chi connectivity index (χ1n) is 5.76. The van der Waals surface area contributed by atoms with E-state index in [1.54, 1.807) is 12.4 Å². The number of alkyl halides is 1. The highest BCUT2D eigenvalue weighted by Crippen LogP contribution is 2.10. The molecule has 0 N–H and O–H groups in total. The van der Waals surface area contributed by atoms with E-state index in [9.17, 15) is 0 Å². The fourth-order valence-corrected chi connectivity index (χ4v) is 1.73. The molecule has 0 aliphatic carbocycles. The quantitative estimate of drug-likeness (QED) is 0.776. The number of anilines is 1. The lowest BCUT2D eigenvalue weighted by atomic mass is 10.2. The largest absolute Gasteiger partial charge is 0.358 e. The molecule has 2 heterocycles. The number of likely N-dealkylation sites (N-methyl/N-ethyl adjacent to an activating group) is 1. The lowest BCUT2D eigenvalue weighted by Crippen LogP contribution is -2.21. The molecule has 0 aromatic carbocycles. The maximum atomic E-state index is 5.75. The highest BCUT2D eigenvalue weighted by molar-refractivity contribution is 6.16. The lowest BCUT2D eigenvalue weighted by molar-refractivity contribution is 0.847. The van der Waals surface area contributed by atoms with E-state index in [-0.39, 0.29) is 0 Å². The summed E-state index contributed by atoms with van der Waals surface area (Å²) in [6, 6.07) is 4.05. The third kappa shape index (κ3) is 3.40. The van der Waals surface area contributed by atoms with Crippen molar-refractivity contribution < 1.29 is 0 Å². The van der Waals surface area contributed by atoms with Gasteiger partial charge in [-0.2, -0.15) is 0 Å². The Hall–Kier alpha value is -1.68. The molecule has 94 valence electrons. The van der Waals surface area contributed by atoms with Crippen molar-refractivity contribution in [3.05, 3.63) is 48.2 Å². The molecule has 0 unspecified atom stereocenters. The maximum absolute atomic E-state index is 5.75. The third-order valence-electron chi connectivity index (χ3n) is 2.68. The first-order valence-corrected chi connectivity index (χ1v) is 6.30. The Morgan fingerprint density at radius 1 is 1.17 bits per heavy atom. The summed E-state index contributed by atoms with van der Waals surface area (Å²) in [6.45, 7) is 0.879. The van der Waals surface area contributed by atoms with Gasteiger partial charge in [-0.25, -0.2) is 4.98 Å². The molecule has 0 saturated carbocycles. The maximum Gasteiger partial charge on any atom is 0.147 e. The number of nitrogens with zero attached hydrogens (tertiary/aromatic N) is 4. The van der Waals surface area contributed by atoms with Gasteiger partial charge in [-0.15, -0.1) is 11.6 Å². The topological polar surface area (TPSA) is 41.9 Å². The molecule has 2 aromatic heterocycles. The first-order chi connectivity index (χ1) is 8.79. The molecule has 4 nitrogen and oxygen atoms in total. The minimum Gasteiger partial charge on any atom is -0.358 e. The van der Waals surface area contributed by atoms with Crippen LogP contribution in [0.25, 0.3) is 0 Å². The number of pyridine rings is 1. The van der Waals surface area contributed by atoms with Gasteiger partial charge in [0.25, 0.3) is 0 Å². The summed E-state index contributed by atoms with van der Waals surface area (Å²) in [4.78, 5) is 14.6. The van der Waals surface area contributed by atoms with Gasteiger partial charge >= 0.3 is 0 Å². The van der Waals surface area contributed by atoms with Crippen LogP contribution < -0.4 is 4.90 Å². The fourth-order valence-electron chi connectivity index (χ4n) is 1.60. The number of rotatable bonds is 5. The fraction of sp³-hybridized carbons (Fsp3) is 0.308. The predicted octanol–water partition coefficient (Wildman–Crippen LogP) is 2.29. The number of hydrogen-bond acceptors (Lipinski definition) is 4. The van der Waals surface area contributed by atoms with Crippen LogP contribution in [-0.2, 0) is 12.3 Å². The summed E-state index contributed by atoms with van der Waals surface area (Å²) >= 11 is 5.75. The monoisotopic (exact) mass is 262 g/mol. The second kappa shape index (κ2) is 6.31. The van der Waals surface area contributed by atoms with Crippen LogP contribution in [0.4, 0.5) is 5.82 Å². The molecule has 2 aromatic rings. The molecule has 18 heavy (non-hydrogen) atoms. The molecule has 0 amide bonds. The van der Waals surface area contributed by atoms with E-state index in [1.165, 1.54) is 5.56 Å². The van der Waals surface area contributed by atoms with Crippen molar-refractivity contribution in [2.75, 3.05) is 18.5 Å². The Balaban J connectivity index is 1.97.